The molecule has 2 aromatic carbocycles. The molecule has 0 bridgehead atoms. The second kappa shape index (κ2) is 10.6. The van der Waals surface area contributed by atoms with Gasteiger partial charge in [0.15, 0.2) is 0 Å². The fourth-order valence-electron chi connectivity index (χ4n) is 3.85. The van der Waals surface area contributed by atoms with Gasteiger partial charge >= 0.3 is 0 Å². The SMILES string of the molecule is COc1cccc(C(NC(=O)/C=C/c2c(C)nn(Cc3ccc(C)cc3)c2Cl)c2nccn2C)c1. The lowest BCUT2D eigenvalue weighted by Crippen LogP contribution is -2.29. The van der Waals surface area contributed by atoms with Gasteiger partial charge in [-0.3, -0.25) is 4.79 Å². The summed E-state index contributed by atoms with van der Waals surface area (Å²) in [6.07, 6.45) is 6.72. The zero-order valence-electron chi connectivity index (χ0n) is 20.2. The van der Waals surface area contributed by atoms with Gasteiger partial charge in [-0.1, -0.05) is 53.6 Å². The number of hydrogen-bond acceptors (Lipinski definition) is 4. The van der Waals surface area contributed by atoms with E-state index < -0.39 is 6.04 Å². The van der Waals surface area contributed by atoms with E-state index in [4.69, 9.17) is 16.3 Å². The van der Waals surface area contributed by atoms with Crippen molar-refractivity contribution >= 4 is 23.6 Å². The lowest BCUT2D eigenvalue weighted by atomic mass is 10.1. The average Bonchev–Trinajstić information content (AvgIpc) is 3.39. The van der Waals surface area contributed by atoms with Gasteiger partial charge in [0.25, 0.3) is 0 Å². The van der Waals surface area contributed by atoms with Crippen molar-refractivity contribution < 1.29 is 9.53 Å². The minimum atomic E-state index is -0.455. The molecule has 0 saturated carbocycles. The number of nitrogens with one attached hydrogen (secondary N) is 1. The molecule has 4 aromatic rings. The monoisotopic (exact) mass is 489 g/mol. The molecule has 1 atom stereocenters. The van der Waals surface area contributed by atoms with Gasteiger partial charge in [-0.2, -0.15) is 5.10 Å². The fourth-order valence-corrected chi connectivity index (χ4v) is 4.15. The van der Waals surface area contributed by atoms with Crippen LogP contribution in [0.4, 0.5) is 0 Å². The van der Waals surface area contributed by atoms with Gasteiger partial charge < -0.3 is 14.6 Å². The smallest absolute Gasteiger partial charge is 0.244 e. The van der Waals surface area contributed by atoms with E-state index in [0.717, 1.165) is 16.8 Å². The number of ether oxygens (including phenoxy) is 1. The molecule has 0 aliphatic heterocycles. The molecule has 1 amide bonds. The lowest BCUT2D eigenvalue weighted by Gasteiger charge is -2.19. The third kappa shape index (κ3) is 5.63. The minimum absolute atomic E-state index is 0.275. The van der Waals surface area contributed by atoms with Crippen molar-refractivity contribution in [2.75, 3.05) is 7.11 Å². The van der Waals surface area contributed by atoms with Crippen molar-refractivity contribution in [3.63, 3.8) is 0 Å². The maximum Gasteiger partial charge on any atom is 0.244 e. The van der Waals surface area contributed by atoms with E-state index >= 15 is 0 Å². The van der Waals surface area contributed by atoms with E-state index in [-0.39, 0.29) is 5.91 Å². The van der Waals surface area contributed by atoms with Crippen LogP contribution in [0.5, 0.6) is 5.75 Å². The van der Waals surface area contributed by atoms with E-state index in [1.54, 1.807) is 24.1 Å². The quantitative estimate of drug-likeness (QED) is 0.358. The summed E-state index contributed by atoms with van der Waals surface area (Å²) in [4.78, 5) is 17.4. The van der Waals surface area contributed by atoms with Gasteiger partial charge in [-0.15, -0.1) is 0 Å². The summed E-state index contributed by atoms with van der Waals surface area (Å²) in [5, 5.41) is 8.10. The predicted octanol–water partition coefficient (Wildman–Crippen LogP) is 4.86. The number of halogens is 1. The van der Waals surface area contributed by atoms with Crippen LogP contribution in [-0.4, -0.2) is 32.3 Å². The molecule has 7 nitrogen and oxygen atoms in total. The molecule has 0 spiro atoms. The van der Waals surface area contributed by atoms with Crippen LogP contribution in [0.15, 0.2) is 67.0 Å². The third-order valence-corrected chi connectivity index (χ3v) is 6.19. The molecule has 4 rings (SSSR count). The van der Waals surface area contributed by atoms with Crippen molar-refractivity contribution in [3.8, 4) is 5.75 Å². The molecule has 0 saturated heterocycles. The van der Waals surface area contributed by atoms with Crippen molar-refractivity contribution in [1.82, 2.24) is 24.6 Å². The maximum absolute atomic E-state index is 13.0. The number of nitrogens with zero attached hydrogens (tertiary/aromatic N) is 4. The highest BCUT2D eigenvalue weighted by atomic mass is 35.5. The zero-order valence-corrected chi connectivity index (χ0v) is 21.0. The van der Waals surface area contributed by atoms with Crippen LogP contribution in [0.1, 0.15) is 39.8 Å². The Morgan fingerprint density at radius 3 is 2.66 bits per heavy atom. The number of aromatic nitrogens is 4. The van der Waals surface area contributed by atoms with Crippen LogP contribution in [-0.2, 0) is 18.4 Å². The Kier molecular flexibility index (Phi) is 7.36. The van der Waals surface area contributed by atoms with Crippen LogP contribution in [0.25, 0.3) is 6.08 Å². The summed E-state index contributed by atoms with van der Waals surface area (Å²) >= 11 is 6.62. The van der Waals surface area contributed by atoms with Crippen molar-refractivity contribution in [3.05, 3.63) is 106 Å². The molecule has 0 radical (unpaired) electrons. The highest BCUT2D eigenvalue weighted by Crippen LogP contribution is 2.25. The first-order chi connectivity index (χ1) is 16.9. The molecule has 8 heteroatoms. The van der Waals surface area contributed by atoms with E-state index in [1.165, 1.54) is 11.6 Å². The normalized spacial score (nSPS) is 12.1. The molecular formula is C27H28ClN5O2. The Labute approximate surface area is 210 Å². The Morgan fingerprint density at radius 2 is 1.97 bits per heavy atom. The molecule has 0 fully saturated rings. The standard InChI is InChI=1S/C27H28ClN5O2/c1-18-8-10-20(11-9-18)17-33-26(28)23(19(2)31-33)12-13-24(34)30-25(27-29-14-15-32(27)3)21-6-5-7-22(16-21)35-4/h5-16,25H,17H2,1-4H3,(H,30,34)/b13-12+. The zero-order chi connectivity index (χ0) is 24.9. The molecule has 0 aliphatic carbocycles. The van der Waals surface area contributed by atoms with Crippen molar-refractivity contribution in [2.24, 2.45) is 7.05 Å². The summed E-state index contributed by atoms with van der Waals surface area (Å²) in [7, 11) is 3.50. The summed E-state index contributed by atoms with van der Waals surface area (Å²) in [6.45, 7) is 4.48. The van der Waals surface area contributed by atoms with Gasteiger partial charge in [0.2, 0.25) is 5.91 Å². The molecule has 180 valence electrons. The van der Waals surface area contributed by atoms with E-state index in [0.29, 0.717) is 28.8 Å². The number of imidazole rings is 1. The Morgan fingerprint density at radius 1 is 1.20 bits per heavy atom. The minimum Gasteiger partial charge on any atom is -0.497 e. The number of amides is 1. The molecule has 1 N–H and O–H groups in total. The summed E-state index contributed by atoms with van der Waals surface area (Å²) in [5.41, 5.74) is 4.62. The molecule has 0 aliphatic rings. The summed E-state index contributed by atoms with van der Waals surface area (Å²) < 4.78 is 8.98. The maximum atomic E-state index is 13.0. The first-order valence-corrected chi connectivity index (χ1v) is 11.6. The molecule has 2 aromatic heterocycles. The van der Waals surface area contributed by atoms with Crippen LogP contribution in [0, 0.1) is 13.8 Å². The van der Waals surface area contributed by atoms with Crippen LogP contribution in [0.2, 0.25) is 5.15 Å². The highest BCUT2D eigenvalue weighted by molar-refractivity contribution is 6.31. The number of benzene rings is 2. The average molecular weight is 490 g/mol. The van der Waals surface area contributed by atoms with Gasteiger partial charge in [-0.25, -0.2) is 9.67 Å². The topological polar surface area (TPSA) is 74.0 Å². The highest BCUT2D eigenvalue weighted by Gasteiger charge is 2.21. The number of carbonyl (C=O) groups excluding carboxylic acids is 1. The van der Waals surface area contributed by atoms with E-state index in [2.05, 4.69) is 46.6 Å². The van der Waals surface area contributed by atoms with Gasteiger partial charge in [-0.05, 0) is 43.2 Å². The predicted molar refractivity (Wildman–Crippen MR) is 137 cm³/mol. The summed E-state index contributed by atoms with van der Waals surface area (Å²) in [5.74, 6) is 1.14. The molecule has 2 heterocycles. The molecular weight excluding hydrogens is 462 g/mol. The second-order valence-electron chi connectivity index (χ2n) is 8.38. The number of carbonyl (C=O) groups is 1. The Hall–Kier alpha value is -3.84. The Bertz CT molecular complexity index is 1350. The van der Waals surface area contributed by atoms with Gasteiger partial charge in [0, 0.05) is 31.1 Å². The number of hydrogen-bond donors (Lipinski definition) is 1. The fraction of sp³-hybridized carbons (Fsp3) is 0.222. The molecule has 35 heavy (non-hydrogen) atoms. The lowest BCUT2D eigenvalue weighted by molar-refractivity contribution is -0.117. The van der Waals surface area contributed by atoms with E-state index in [9.17, 15) is 4.79 Å². The number of methoxy groups -OCH3 is 1. The summed E-state index contributed by atoms with van der Waals surface area (Å²) in [6, 6.07) is 15.3. The van der Waals surface area contributed by atoms with Crippen molar-refractivity contribution in [2.45, 2.75) is 26.4 Å². The third-order valence-electron chi connectivity index (χ3n) is 5.79. The first-order valence-electron chi connectivity index (χ1n) is 11.2. The molecule has 1 unspecified atom stereocenters. The van der Waals surface area contributed by atoms with Crippen LogP contribution >= 0.6 is 11.6 Å². The number of rotatable bonds is 8. The van der Waals surface area contributed by atoms with Crippen molar-refractivity contribution in [1.29, 1.82) is 0 Å². The number of aryl methyl sites for hydroxylation is 3. The van der Waals surface area contributed by atoms with Gasteiger partial charge in [0.1, 0.15) is 22.8 Å². The largest absolute Gasteiger partial charge is 0.497 e. The van der Waals surface area contributed by atoms with Crippen LogP contribution in [0.3, 0.4) is 0 Å². The van der Waals surface area contributed by atoms with E-state index in [1.807, 2.05) is 49.0 Å². The Balaban J connectivity index is 1.54. The first kappa shape index (κ1) is 24.3. The van der Waals surface area contributed by atoms with Crippen LogP contribution < -0.4 is 10.1 Å². The second-order valence-corrected chi connectivity index (χ2v) is 8.74. The van der Waals surface area contributed by atoms with Gasteiger partial charge in [0.05, 0.1) is 19.3 Å².